The Morgan fingerprint density at radius 1 is 1.00 bits per heavy atom. The summed E-state index contributed by atoms with van der Waals surface area (Å²) >= 11 is 1.64. The third-order valence-electron chi connectivity index (χ3n) is 0. The summed E-state index contributed by atoms with van der Waals surface area (Å²) in [6.07, 6.45) is 0. The van der Waals surface area contributed by atoms with Crippen LogP contribution in [-0.2, 0) is 20.1 Å². The fourth-order valence-corrected chi connectivity index (χ4v) is 0. The van der Waals surface area contributed by atoms with Crippen molar-refractivity contribution >= 4 is 24.8 Å². The summed E-state index contributed by atoms with van der Waals surface area (Å²) in [6, 6.07) is 0. The maximum absolute atomic E-state index is 4.47. The third kappa shape index (κ3) is 10.6. The van der Waals surface area contributed by atoms with Crippen molar-refractivity contribution < 1.29 is 20.1 Å². The first kappa shape index (κ1) is 18.8. The first-order valence-corrected chi connectivity index (χ1v) is 1.49. The Kier molecular flexibility index (Phi) is 137. The summed E-state index contributed by atoms with van der Waals surface area (Å²) in [7, 11) is 0. The Hall–Kier alpha value is 1.23. The van der Waals surface area contributed by atoms with Gasteiger partial charge in [0.1, 0.15) is 0 Å². The van der Waals surface area contributed by atoms with Crippen LogP contribution in [0, 0.1) is 0 Å². The van der Waals surface area contributed by atoms with Crippen LogP contribution >= 0.6 is 24.8 Å². The molecule has 0 heterocycles. The minimum atomic E-state index is 0. The number of hydrogen-bond donors (Lipinski definition) is 1. The zero-order valence-electron chi connectivity index (χ0n) is 1.71. The van der Waals surface area contributed by atoms with Crippen LogP contribution in [0.25, 0.3) is 0 Å². The van der Waals surface area contributed by atoms with Gasteiger partial charge in [-0.05, 0) is 0 Å². The van der Waals surface area contributed by atoms with Crippen LogP contribution in [0.1, 0.15) is 0 Å². The molecule has 4 heteroatoms. The summed E-state index contributed by atoms with van der Waals surface area (Å²) in [5.74, 6) is 0. The van der Waals surface area contributed by atoms with E-state index in [-0.39, 0.29) is 24.8 Å². The molecular formula is H4Cl2NPt. The van der Waals surface area contributed by atoms with Gasteiger partial charge in [0.15, 0.2) is 0 Å². The molecule has 0 saturated heterocycles. The molecule has 33 valence electrons. The zero-order chi connectivity index (χ0) is 2.00. The Balaban J connectivity index is -0.00000000500. The number of halogens is 2. The minimum absolute atomic E-state index is 0. The van der Waals surface area contributed by atoms with Crippen molar-refractivity contribution in [2.45, 2.75) is 0 Å². The molecule has 0 aromatic heterocycles. The second-order valence-electron chi connectivity index (χ2n) is 0. The summed E-state index contributed by atoms with van der Waals surface area (Å²) < 4.78 is 4.47. The molecule has 0 aliphatic rings. The summed E-state index contributed by atoms with van der Waals surface area (Å²) in [5.41, 5.74) is 0. The van der Waals surface area contributed by atoms with Gasteiger partial charge in [-0.3, -0.25) is 0 Å². The van der Waals surface area contributed by atoms with E-state index in [9.17, 15) is 0 Å². The van der Waals surface area contributed by atoms with E-state index in [2.05, 4.69) is 4.29 Å². The van der Waals surface area contributed by atoms with E-state index in [4.69, 9.17) is 0 Å². The molecule has 0 rings (SSSR count). The summed E-state index contributed by atoms with van der Waals surface area (Å²) in [5, 5.41) is 0. The van der Waals surface area contributed by atoms with Gasteiger partial charge in [0.25, 0.3) is 0 Å². The third-order valence-corrected chi connectivity index (χ3v) is 0. The van der Waals surface area contributed by atoms with Crippen LogP contribution in [0.15, 0.2) is 0 Å². The van der Waals surface area contributed by atoms with Gasteiger partial charge in [0, 0.05) is 0 Å². The zero-order valence-corrected chi connectivity index (χ0v) is 5.62. The molecule has 0 bridgehead atoms. The van der Waals surface area contributed by atoms with Crippen molar-refractivity contribution in [3.05, 3.63) is 0 Å². The predicted molar refractivity (Wildman–Crippen MR) is 18.7 cm³/mol. The molecule has 0 radical (unpaired) electrons. The Bertz CT molecular complexity index is 6.00. The van der Waals surface area contributed by atoms with Crippen LogP contribution in [0.5, 0.6) is 0 Å². The molecule has 0 aromatic rings. The maximum atomic E-state index is 4.47. The molecule has 0 aliphatic carbocycles. The van der Waals surface area contributed by atoms with Crippen LogP contribution in [0.3, 0.4) is 0 Å². The quantitative estimate of drug-likeness (QED) is 0.678. The van der Waals surface area contributed by atoms with Crippen molar-refractivity contribution in [2.75, 3.05) is 0 Å². The Labute approximate surface area is 49.3 Å². The van der Waals surface area contributed by atoms with Crippen molar-refractivity contribution in [3.63, 3.8) is 0 Å². The van der Waals surface area contributed by atoms with Gasteiger partial charge >= 0.3 is 24.4 Å². The average molecular weight is 284 g/mol. The van der Waals surface area contributed by atoms with Crippen molar-refractivity contribution in [3.8, 4) is 0 Å². The first-order chi connectivity index (χ1) is 1.00. The van der Waals surface area contributed by atoms with Crippen molar-refractivity contribution in [1.82, 2.24) is 0 Å². The monoisotopic (exact) mass is 283 g/mol. The standard InChI is InChI=1S/2ClH.H2N.Pt/h2*1H;1H2;/q;;-1;+1. The SMILES string of the molecule is Cl.Cl.[NH2][Pt]. The molecule has 0 fully saturated rings. The van der Waals surface area contributed by atoms with E-state index in [0.717, 1.165) is 0 Å². The fraction of sp³-hybridized carbons (Fsp3) is 0. The second kappa shape index (κ2) is 29.2. The van der Waals surface area contributed by atoms with Gasteiger partial charge in [-0.25, -0.2) is 0 Å². The van der Waals surface area contributed by atoms with E-state index in [0.29, 0.717) is 0 Å². The van der Waals surface area contributed by atoms with E-state index in [1.54, 1.807) is 20.1 Å². The van der Waals surface area contributed by atoms with Crippen LogP contribution in [-0.4, -0.2) is 0 Å². The van der Waals surface area contributed by atoms with E-state index in [1.165, 1.54) is 0 Å². The Morgan fingerprint density at radius 3 is 1.00 bits per heavy atom. The topological polar surface area (TPSA) is 26.0 Å². The number of hydrogen-bond acceptors (Lipinski definition) is 1. The molecule has 0 aliphatic heterocycles. The van der Waals surface area contributed by atoms with Crippen LogP contribution < -0.4 is 4.29 Å². The average Bonchev–Trinajstić information content (AvgIpc) is 1.00. The Morgan fingerprint density at radius 2 is 1.00 bits per heavy atom. The number of rotatable bonds is 0. The van der Waals surface area contributed by atoms with Crippen molar-refractivity contribution in [2.24, 2.45) is 4.29 Å². The van der Waals surface area contributed by atoms with Crippen LogP contribution in [0.2, 0.25) is 0 Å². The molecule has 0 unspecified atom stereocenters. The van der Waals surface area contributed by atoms with E-state index >= 15 is 0 Å². The summed E-state index contributed by atoms with van der Waals surface area (Å²) in [6.45, 7) is 0. The number of nitrogens with two attached hydrogens (primary N) is 1. The van der Waals surface area contributed by atoms with Gasteiger partial charge in [0.2, 0.25) is 0 Å². The predicted octanol–water partition coefficient (Wildman–Crippen LogP) is 0.251. The molecule has 1 nitrogen and oxygen atoms in total. The van der Waals surface area contributed by atoms with Gasteiger partial charge in [-0.1, -0.05) is 0 Å². The molecule has 0 atom stereocenters. The molecule has 0 aromatic carbocycles. The normalized spacial score (nSPS) is 1.75. The molecule has 0 spiro atoms. The van der Waals surface area contributed by atoms with E-state index < -0.39 is 0 Å². The molecule has 4 heavy (non-hydrogen) atoms. The van der Waals surface area contributed by atoms with E-state index in [1.807, 2.05) is 0 Å². The van der Waals surface area contributed by atoms with Gasteiger partial charge in [0.05, 0.1) is 0 Å². The van der Waals surface area contributed by atoms with Crippen LogP contribution in [0.4, 0.5) is 0 Å². The van der Waals surface area contributed by atoms with Gasteiger partial charge < -0.3 is 0 Å². The summed E-state index contributed by atoms with van der Waals surface area (Å²) in [4.78, 5) is 0. The van der Waals surface area contributed by atoms with Gasteiger partial charge in [-0.15, -0.1) is 24.8 Å². The first-order valence-electron chi connectivity index (χ1n) is 0.183. The fourth-order valence-electron chi connectivity index (χ4n) is 0. The second-order valence-corrected chi connectivity index (χ2v) is 0. The molecule has 2 N–H and O–H groups in total. The molecular weight excluding hydrogens is 280 g/mol. The van der Waals surface area contributed by atoms with Crippen molar-refractivity contribution in [1.29, 1.82) is 0 Å². The molecule has 0 amide bonds. The molecule has 0 saturated carbocycles. The van der Waals surface area contributed by atoms with Gasteiger partial charge in [-0.2, -0.15) is 0 Å².